The SMILES string of the molecule is CCCOCCOc1nc(NCC)ncc1Br. The molecule has 0 spiro atoms. The lowest BCUT2D eigenvalue weighted by Crippen LogP contribution is -2.10. The van der Waals surface area contributed by atoms with Crippen LogP contribution in [0.4, 0.5) is 5.95 Å². The fraction of sp³-hybridized carbons (Fsp3) is 0.636. The van der Waals surface area contributed by atoms with E-state index in [0.717, 1.165) is 24.0 Å². The molecule has 1 heterocycles. The highest BCUT2D eigenvalue weighted by molar-refractivity contribution is 9.10. The van der Waals surface area contributed by atoms with Crippen molar-refractivity contribution in [3.8, 4) is 5.88 Å². The van der Waals surface area contributed by atoms with Crippen molar-refractivity contribution in [2.75, 3.05) is 31.7 Å². The van der Waals surface area contributed by atoms with E-state index in [9.17, 15) is 0 Å². The summed E-state index contributed by atoms with van der Waals surface area (Å²) in [6, 6.07) is 0. The Labute approximate surface area is 110 Å². The molecule has 0 aromatic carbocycles. The summed E-state index contributed by atoms with van der Waals surface area (Å²) in [5.74, 6) is 1.11. The third kappa shape index (κ3) is 5.32. The second-order valence-corrected chi connectivity index (χ2v) is 4.19. The first-order valence-corrected chi connectivity index (χ1v) is 6.54. The molecule has 17 heavy (non-hydrogen) atoms. The zero-order valence-corrected chi connectivity index (χ0v) is 11.8. The van der Waals surface area contributed by atoms with Crippen LogP contribution in [-0.2, 0) is 4.74 Å². The summed E-state index contributed by atoms with van der Waals surface area (Å²) in [6.07, 6.45) is 2.69. The van der Waals surface area contributed by atoms with Gasteiger partial charge in [0.15, 0.2) is 0 Å². The van der Waals surface area contributed by atoms with Gasteiger partial charge in [0, 0.05) is 13.2 Å². The van der Waals surface area contributed by atoms with E-state index in [1.54, 1.807) is 6.20 Å². The standard InChI is InChI=1S/C11H18BrN3O2/c1-3-5-16-6-7-17-10-9(12)8-14-11(15-10)13-4-2/h8H,3-7H2,1-2H3,(H,13,14,15). The molecule has 0 radical (unpaired) electrons. The van der Waals surface area contributed by atoms with Gasteiger partial charge in [0.05, 0.1) is 17.3 Å². The molecule has 0 aliphatic heterocycles. The summed E-state index contributed by atoms with van der Waals surface area (Å²) in [6.45, 7) is 6.66. The molecule has 1 aromatic heterocycles. The molecule has 1 aromatic rings. The second kappa shape index (κ2) is 8.25. The lowest BCUT2D eigenvalue weighted by atomic mass is 10.5. The van der Waals surface area contributed by atoms with E-state index in [-0.39, 0.29) is 0 Å². The Morgan fingerprint density at radius 2 is 2.12 bits per heavy atom. The molecule has 6 heteroatoms. The highest BCUT2D eigenvalue weighted by atomic mass is 79.9. The Morgan fingerprint density at radius 1 is 1.29 bits per heavy atom. The fourth-order valence-electron chi connectivity index (χ4n) is 1.14. The lowest BCUT2D eigenvalue weighted by molar-refractivity contribution is 0.0987. The predicted molar refractivity (Wildman–Crippen MR) is 70.5 cm³/mol. The average Bonchev–Trinajstić information content (AvgIpc) is 2.33. The van der Waals surface area contributed by atoms with Crippen LogP contribution < -0.4 is 10.1 Å². The number of hydrogen-bond acceptors (Lipinski definition) is 5. The molecular weight excluding hydrogens is 286 g/mol. The molecule has 0 bridgehead atoms. The molecule has 0 atom stereocenters. The van der Waals surface area contributed by atoms with Gasteiger partial charge in [0.25, 0.3) is 0 Å². The molecular formula is C11H18BrN3O2. The summed E-state index contributed by atoms with van der Waals surface area (Å²) < 4.78 is 11.6. The van der Waals surface area contributed by atoms with Gasteiger partial charge in [0.1, 0.15) is 6.61 Å². The van der Waals surface area contributed by atoms with Crippen molar-refractivity contribution in [2.45, 2.75) is 20.3 Å². The van der Waals surface area contributed by atoms with E-state index in [1.165, 1.54) is 0 Å². The lowest BCUT2D eigenvalue weighted by Gasteiger charge is -2.09. The first-order valence-electron chi connectivity index (χ1n) is 5.74. The van der Waals surface area contributed by atoms with Crippen LogP contribution in [0, 0.1) is 0 Å². The van der Waals surface area contributed by atoms with E-state index < -0.39 is 0 Å². The molecule has 0 saturated carbocycles. The van der Waals surface area contributed by atoms with Crippen molar-refractivity contribution in [2.24, 2.45) is 0 Å². The maximum absolute atomic E-state index is 5.51. The number of ether oxygens (including phenoxy) is 2. The van der Waals surface area contributed by atoms with Crippen LogP contribution in [0.2, 0.25) is 0 Å². The van der Waals surface area contributed by atoms with Gasteiger partial charge in [0.2, 0.25) is 11.8 Å². The molecule has 0 unspecified atom stereocenters. The summed E-state index contributed by atoms with van der Waals surface area (Å²) in [7, 11) is 0. The van der Waals surface area contributed by atoms with Crippen molar-refractivity contribution in [1.82, 2.24) is 9.97 Å². The minimum absolute atomic E-state index is 0.487. The zero-order valence-electron chi connectivity index (χ0n) is 10.2. The molecule has 0 fully saturated rings. The molecule has 1 rings (SSSR count). The third-order valence-corrected chi connectivity index (χ3v) is 2.41. The smallest absolute Gasteiger partial charge is 0.232 e. The minimum Gasteiger partial charge on any atom is -0.474 e. The summed E-state index contributed by atoms with van der Waals surface area (Å²) in [4.78, 5) is 8.34. The Morgan fingerprint density at radius 3 is 2.82 bits per heavy atom. The number of halogens is 1. The van der Waals surface area contributed by atoms with Gasteiger partial charge in [-0.2, -0.15) is 4.98 Å². The van der Waals surface area contributed by atoms with E-state index in [1.807, 2.05) is 6.92 Å². The van der Waals surface area contributed by atoms with Crippen molar-refractivity contribution >= 4 is 21.9 Å². The quantitative estimate of drug-likeness (QED) is 0.748. The highest BCUT2D eigenvalue weighted by Gasteiger charge is 2.05. The number of anilines is 1. The van der Waals surface area contributed by atoms with Crippen LogP contribution in [-0.4, -0.2) is 36.3 Å². The number of nitrogens with zero attached hydrogens (tertiary/aromatic N) is 2. The Bertz CT molecular complexity index is 336. The topological polar surface area (TPSA) is 56.3 Å². The monoisotopic (exact) mass is 303 g/mol. The fourth-order valence-corrected chi connectivity index (χ4v) is 1.45. The normalized spacial score (nSPS) is 10.3. The molecule has 0 amide bonds. The van der Waals surface area contributed by atoms with Crippen LogP contribution in [0.25, 0.3) is 0 Å². The Kier molecular flexibility index (Phi) is 6.88. The van der Waals surface area contributed by atoms with Gasteiger partial charge in [-0.1, -0.05) is 6.92 Å². The van der Waals surface area contributed by atoms with Crippen molar-refractivity contribution in [3.63, 3.8) is 0 Å². The van der Waals surface area contributed by atoms with E-state index in [4.69, 9.17) is 9.47 Å². The first-order chi connectivity index (χ1) is 8.27. The predicted octanol–water partition coefficient (Wildman–Crippen LogP) is 2.48. The van der Waals surface area contributed by atoms with Crippen molar-refractivity contribution < 1.29 is 9.47 Å². The van der Waals surface area contributed by atoms with Gasteiger partial charge in [-0.3, -0.25) is 0 Å². The largest absolute Gasteiger partial charge is 0.474 e. The van der Waals surface area contributed by atoms with Crippen molar-refractivity contribution in [3.05, 3.63) is 10.7 Å². The molecule has 1 N–H and O–H groups in total. The van der Waals surface area contributed by atoms with Crippen LogP contribution >= 0.6 is 15.9 Å². The molecule has 0 saturated heterocycles. The van der Waals surface area contributed by atoms with E-state index in [2.05, 4.69) is 38.1 Å². The minimum atomic E-state index is 0.487. The number of hydrogen-bond donors (Lipinski definition) is 1. The second-order valence-electron chi connectivity index (χ2n) is 3.34. The number of rotatable bonds is 8. The summed E-state index contributed by atoms with van der Waals surface area (Å²) in [5, 5.41) is 3.03. The van der Waals surface area contributed by atoms with Crippen LogP contribution in [0.5, 0.6) is 5.88 Å². The summed E-state index contributed by atoms with van der Waals surface area (Å²) in [5.41, 5.74) is 0. The van der Waals surface area contributed by atoms with Gasteiger partial charge < -0.3 is 14.8 Å². The van der Waals surface area contributed by atoms with Gasteiger partial charge >= 0.3 is 0 Å². The Balaban J connectivity index is 2.42. The maximum atomic E-state index is 5.51. The van der Waals surface area contributed by atoms with E-state index in [0.29, 0.717) is 25.0 Å². The molecule has 96 valence electrons. The van der Waals surface area contributed by atoms with Crippen LogP contribution in [0.15, 0.2) is 10.7 Å². The molecule has 5 nitrogen and oxygen atoms in total. The maximum Gasteiger partial charge on any atom is 0.232 e. The van der Waals surface area contributed by atoms with Gasteiger partial charge in [-0.25, -0.2) is 4.98 Å². The summed E-state index contributed by atoms with van der Waals surface area (Å²) >= 11 is 3.35. The molecule has 0 aliphatic rings. The Hall–Kier alpha value is -0.880. The van der Waals surface area contributed by atoms with Crippen LogP contribution in [0.1, 0.15) is 20.3 Å². The first kappa shape index (κ1) is 14.2. The van der Waals surface area contributed by atoms with E-state index >= 15 is 0 Å². The van der Waals surface area contributed by atoms with Crippen LogP contribution in [0.3, 0.4) is 0 Å². The highest BCUT2D eigenvalue weighted by Crippen LogP contribution is 2.22. The van der Waals surface area contributed by atoms with Gasteiger partial charge in [-0.05, 0) is 29.3 Å². The third-order valence-electron chi connectivity index (χ3n) is 1.86. The number of nitrogens with one attached hydrogen (secondary N) is 1. The zero-order chi connectivity index (χ0) is 12.5. The van der Waals surface area contributed by atoms with Crippen molar-refractivity contribution in [1.29, 1.82) is 0 Å². The molecule has 0 aliphatic carbocycles. The number of aromatic nitrogens is 2. The average molecular weight is 304 g/mol. The van der Waals surface area contributed by atoms with Gasteiger partial charge in [-0.15, -0.1) is 0 Å².